The predicted octanol–water partition coefficient (Wildman–Crippen LogP) is 3.42. The number of hydrogen-bond donors (Lipinski definition) is 1. The molecule has 0 saturated carbocycles. The second kappa shape index (κ2) is 10.2. The standard InChI is InChI=1S/C22H30N4O3/c1-3-5-10-20(28)26-12-11-18-19(9-7-6-8-17(27)4-2)23-22(24-21(18)26)25-13-15-29-16-14-25/h4,6-9,27H,3,5,10-16H2,1-2H3/b8-6-,9-7+,17-4+. The van der Waals surface area contributed by atoms with Crippen molar-refractivity contribution in [3.63, 3.8) is 0 Å². The number of ether oxygens (including phenoxy) is 1. The molecule has 0 aliphatic carbocycles. The maximum Gasteiger partial charge on any atom is 0.228 e. The van der Waals surface area contributed by atoms with Crippen LogP contribution in [0.5, 0.6) is 0 Å². The van der Waals surface area contributed by atoms with Crippen LogP contribution in [0.25, 0.3) is 6.08 Å². The normalized spacial score (nSPS) is 17.5. The zero-order valence-electron chi connectivity index (χ0n) is 17.3. The minimum absolute atomic E-state index is 0.130. The lowest BCUT2D eigenvalue weighted by Gasteiger charge is -2.28. The molecule has 2 aliphatic heterocycles. The number of anilines is 2. The van der Waals surface area contributed by atoms with E-state index in [1.54, 1.807) is 25.2 Å². The van der Waals surface area contributed by atoms with Crippen LogP contribution < -0.4 is 9.80 Å². The maximum atomic E-state index is 12.7. The van der Waals surface area contributed by atoms with E-state index in [0.717, 1.165) is 49.4 Å². The number of nitrogens with zero attached hydrogens (tertiary/aromatic N) is 4. The molecule has 1 saturated heterocycles. The number of rotatable bonds is 7. The first-order valence-corrected chi connectivity index (χ1v) is 10.4. The summed E-state index contributed by atoms with van der Waals surface area (Å²) in [7, 11) is 0. The van der Waals surface area contributed by atoms with Crippen molar-refractivity contribution < 1.29 is 14.6 Å². The number of morpholine rings is 1. The molecule has 0 spiro atoms. The Labute approximate surface area is 172 Å². The van der Waals surface area contributed by atoms with E-state index in [2.05, 4.69) is 11.8 Å². The average Bonchev–Trinajstić information content (AvgIpc) is 3.19. The molecule has 7 nitrogen and oxygen atoms in total. The van der Waals surface area contributed by atoms with Gasteiger partial charge in [-0.25, -0.2) is 4.98 Å². The Hall–Kier alpha value is -2.67. The molecule has 1 amide bonds. The lowest BCUT2D eigenvalue weighted by molar-refractivity contribution is -0.118. The van der Waals surface area contributed by atoms with E-state index in [4.69, 9.17) is 14.7 Å². The van der Waals surface area contributed by atoms with Gasteiger partial charge < -0.3 is 14.7 Å². The molecule has 3 rings (SSSR count). The molecule has 2 aliphatic rings. The van der Waals surface area contributed by atoms with Crippen LogP contribution in [0.2, 0.25) is 0 Å². The molecule has 0 unspecified atom stereocenters. The van der Waals surface area contributed by atoms with E-state index >= 15 is 0 Å². The van der Waals surface area contributed by atoms with Gasteiger partial charge in [-0.1, -0.05) is 25.5 Å². The molecule has 3 heterocycles. The number of allylic oxidation sites excluding steroid dienone is 4. The summed E-state index contributed by atoms with van der Waals surface area (Å²) in [5.74, 6) is 1.72. The molecule has 1 fully saturated rings. The van der Waals surface area contributed by atoms with Crippen molar-refractivity contribution in [3.8, 4) is 0 Å². The van der Waals surface area contributed by atoms with Crippen molar-refractivity contribution >= 4 is 23.7 Å². The number of aliphatic hydroxyl groups excluding tert-OH is 1. The number of fused-ring (bicyclic) bond motifs is 1. The van der Waals surface area contributed by atoms with E-state index < -0.39 is 0 Å². The van der Waals surface area contributed by atoms with Gasteiger partial charge in [0, 0.05) is 31.6 Å². The minimum Gasteiger partial charge on any atom is -0.508 e. The van der Waals surface area contributed by atoms with Gasteiger partial charge in [-0.05, 0) is 38.0 Å². The molecular weight excluding hydrogens is 368 g/mol. The smallest absolute Gasteiger partial charge is 0.228 e. The van der Waals surface area contributed by atoms with Gasteiger partial charge in [0.25, 0.3) is 0 Å². The fourth-order valence-electron chi connectivity index (χ4n) is 3.42. The lowest BCUT2D eigenvalue weighted by Crippen LogP contribution is -2.38. The van der Waals surface area contributed by atoms with Gasteiger partial charge in [0.05, 0.1) is 18.9 Å². The SMILES string of the molecule is C\C=C(O)/C=C\C=C\c1nc(N2CCOCC2)nc2c1CCN2C(=O)CCCC. The van der Waals surface area contributed by atoms with Crippen LogP contribution in [-0.2, 0) is 16.0 Å². The average molecular weight is 399 g/mol. The third kappa shape index (κ3) is 5.23. The number of amides is 1. The molecule has 29 heavy (non-hydrogen) atoms. The van der Waals surface area contributed by atoms with E-state index in [1.807, 2.05) is 17.1 Å². The van der Waals surface area contributed by atoms with Crippen molar-refractivity contribution in [2.75, 3.05) is 42.6 Å². The second-order valence-corrected chi connectivity index (χ2v) is 7.14. The highest BCUT2D eigenvalue weighted by molar-refractivity contribution is 5.95. The topological polar surface area (TPSA) is 78.8 Å². The van der Waals surface area contributed by atoms with Crippen LogP contribution >= 0.6 is 0 Å². The largest absolute Gasteiger partial charge is 0.508 e. The molecular formula is C22H30N4O3. The fourth-order valence-corrected chi connectivity index (χ4v) is 3.42. The molecule has 1 aromatic rings. The van der Waals surface area contributed by atoms with Gasteiger partial charge >= 0.3 is 0 Å². The van der Waals surface area contributed by atoms with Gasteiger partial charge in [-0.15, -0.1) is 0 Å². The Morgan fingerprint density at radius 1 is 1.21 bits per heavy atom. The first-order valence-electron chi connectivity index (χ1n) is 10.4. The quantitative estimate of drug-likeness (QED) is 0.560. The fraction of sp³-hybridized carbons (Fsp3) is 0.500. The molecule has 0 atom stereocenters. The number of hydrogen-bond acceptors (Lipinski definition) is 6. The zero-order chi connectivity index (χ0) is 20.6. The maximum absolute atomic E-state index is 12.7. The predicted molar refractivity (Wildman–Crippen MR) is 115 cm³/mol. The molecule has 1 aromatic heterocycles. The number of aliphatic hydroxyl groups is 1. The van der Waals surface area contributed by atoms with Gasteiger partial charge in [0.2, 0.25) is 11.9 Å². The van der Waals surface area contributed by atoms with Crippen LogP contribution in [0.4, 0.5) is 11.8 Å². The first-order chi connectivity index (χ1) is 14.1. The summed E-state index contributed by atoms with van der Waals surface area (Å²) in [5, 5.41) is 9.54. The molecule has 156 valence electrons. The summed E-state index contributed by atoms with van der Waals surface area (Å²) in [5.41, 5.74) is 1.83. The van der Waals surface area contributed by atoms with Gasteiger partial charge in [0.15, 0.2) is 0 Å². The van der Waals surface area contributed by atoms with Crippen molar-refractivity contribution in [1.29, 1.82) is 0 Å². The van der Waals surface area contributed by atoms with Crippen LogP contribution in [0.15, 0.2) is 30.1 Å². The molecule has 0 bridgehead atoms. The lowest BCUT2D eigenvalue weighted by atomic mass is 10.1. The zero-order valence-corrected chi connectivity index (χ0v) is 17.3. The van der Waals surface area contributed by atoms with Crippen LogP contribution in [0.3, 0.4) is 0 Å². The molecule has 1 N–H and O–H groups in total. The highest BCUT2D eigenvalue weighted by Crippen LogP contribution is 2.32. The summed E-state index contributed by atoms with van der Waals surface area (Å²) in [6.45, 7) is 7.29. The molecule has 7 heteroatoms. The van der Waals surface area contributed by atoms with E-state index in [-0.39, 0.29) is 11.7 Å². The number of carbonyl (C=O) groups is 1. The van der Waals surface area contributed by atoms with Crippen LogP contribution in [-0.4, -0.2) is 53.8 Å². The highest BCUT2D eigenvalue weighted by atomic mass is 16.5. The van der Waals surface area contributed by atoms with E-state index in [0.29, 0.717) is 32.1 Å². The molecule has 0 radical (unpaired) electrons. The number of carbonyl (C=O) groups excluding carboxylic acids is 1. The summed E-state index contributed by atoms with van der Waals surface area (Å²) < 4.78 is 5.45. The van der Waals surface area contributed by atoms with Gasteiger partial charge in [0.1, 0.15) is 11.6 Å². The van der Waals surface area contributed by atoms with Crippen molar-refractivity contribution in [2.45, 2.75) is 39.5 Å². The summed E-state index contributed by atoms with van der Waals surface area (Å²) >= 11 is 0. The van der Waals surface area contributed by atoms with E-state index in [9.17, 15) is 9.90 Å². The Morgan fingerprint density at radius 2 is 2.00 bits per heavy atom. The summed E-state index contributed by atoms with van der Waals surface area (Å²) in [4.78, 5) is 26.2. The third-order valence-corrected chi connectivity index (χ3v) is 5.11. The van der Waals surface area contributed by atoms with E-state index in [1.165, 1.54) is 0 Å². The van der Waals surface area contributed by atoms with Crippen molar-refractivity contribution in [1.82, 2.24) is 9.97 Å². The second-order valence-electron chi connectivity index (χ2n) is 7.14. The highest BCUT2D eigenvalue weighted by Gasteiger charge is 2.30. The van der Waals surface area contributed by atoms with Crippen molar-refractivity contribution in [3.05, 3.63) is 41.3 Å². The Kier molecular flexibility index (Phi) is 7.41. The Bertz CT molecular complexity index is 811. The summed E-state index contributed by atoms with van der Waals surface area (Å²) in [6, 6.07) is 0. The Balaban J connectivity index is 1.92. The number of unbranched alkanes of at least 4 members (excludes halogenated alkanes) is 1. The Morgan fingerprint density at radius 3 is 2.72 bits per heavy atom. The monoisotopic (exact) mass is 398 g/mol. The molecule has 0 aromatic carbocycles. The summed E-state index contributed by atoms with van der Waals surface area (Å²) in [6.07, 6.45) is 12.0. The van der Waals surface area contributed by atoms with Crippen LogP contribution in [0.1, 0.15) is 44.4 Å². The van der Waals surface area contributed by atoms with Crippen LogP contribution in [0, 0.1) is 0 Å². The third-order valence-electron chi connectivity index (χ3n) is 5.11. The van der Waals surface area contributed by atoms with Crippen molar-refractivity contribution in [2.24, 2.45) is 0 Å². The first kappa shape index (κ1) is 21.0. The van der Waals surface area contributed by atoms with Gasteiger partial charge in [-0.3, -0.25) is 9.69 Å². The van der Waals surface area contributed by atoms with Gasteiger partial charge in [-0.2, -0.15) is 4.98 Å². The number of aromatic nitrogens is 2. The minimum atomic E-state index is 0.130.